The van der Waals surface area contributed by atoms with Gasteiger partial charge in [-0.1, -0.05) is 6.07 Å². The van der Waals surface area contributed by atoms with E-state index in [1.165, 1.54) is 6.07 Å². The van der Waals surface area contributed by atoms with E-state index < -0.39 is 18.0 Å². The first-order chi connectivity index (χ1) is 12.0. The third-order valence-electron chi connectivity index (χ3n) is 4.37. The molecule has 25 heavy (non-hydrogen) atoms. The van der Waals surface area contributed by atoms with E-state index in [9.17, 15) is 13.9 Å². The fraction of sp³-hybridized carbons (Fsp3) is 0.333. The van der Waals surface area contributed by atoms with Crippen molar-refractivity contribution < 1.29 is 13.9 Å². The highest BCUT2D eigenvalue weighted by atomic mass is 79.9. The molecule has 1 aromatic heterocycles. The molecular weight excluding hydrogens is 392 g/mol. The van der Waals surface area contributed by atoms with Crippen LogP contribution in [0.3, 0.4) is 0 Å². The van der Waals surface area contributed by atoms with E-state index in [4.69, 9.17) is 5.26 Å². The zero-order valence-electron chi connectivity index (χ0n) is 13.5. The maximum absolute atomic E-state index is 14.4. The van der Waals surface area contributed by atoms with Gasteiger partial charge in [0.25, 0.3) is 0 Å². The van der Waals surface area contributed by atoms with Gasteiger partial charge in [-0.05, 0) is 47.3 Å². The summed E-state index contributed by atoms with van der Waals surface area (Å²) in [4.78, 5) is 4.57. The number of hydrogen-bond donors (Lipinski definition) is 1. The molecule has 1 aromatic carbocycles. The number of aromatic nitrogens is 1. The van der Waals surface area contributed by atoms with Gasteiger partial charge in [-0.2, -0.15) is 5.26 Å². The molecule has 0 amide bonds. The second-order valence-corrected chi connectivity index (χ2v) is 6.74. The molecule has 4 nitrogen and oxygen atoms in total. The molecule has 0 bridgehead atoms. The zero-order valence-corrected chi connectivity index (χ0v) is 15.1. The number of hydrogen-bond acceptors (Lipinski definition) is 3. The van der Waals surface area contributed by atoms with Crippen molar-refractivity contribution in [1.29, 1.82) is 5.26 Å². The Morgan fingerprint density at radius 2 is 2.20 bits per heavy atom. The molecule has 0 radical (unpaired) electrons. The molecule has 0 saturated carbocycles. The number of alkyl halides is 1. The number of nitrogens with zero attached hydrogens (tertiary/aromatic N) is 3. The summed E-state index contributed by atoms with van der Waals surface area (Å²) < 4.78 is 30.5. The SMILES string of the molecule is CCn1cc(C#N)cc(O)/c1=N/C1CCC(F)c2c1ccc(Br)c2F. The Kier molecular flexibility index (Phi) is 4.91. The molecule has 0 fully saturated rings. The molecule has 2 aromatic rings. The monoisotopic (exact) mass is 407 g/mol. The summed E-state index contributed by atoms with van der Waals surface area (Å²) in [5, 5.41) is 19.3. The van der Waals surface area contributed by atoms with E-state index in [1.807, 2.05) is 13.0 Å². The molecule has 1 aliphatic rings. The molecule has 1 heterocycles. The van der Waals surface area contributed by atoms with Crippen LogP contribution in [0.25, 0.3) is 0 Å². The topological polar surface area (TPSA) is 61.3 Å². The summed E-state index contributed by atoms with van der Waals surface area (Å²) >= 11 is 3.09. The first kappa shape index (κ1) is 17.6. The van der Waals surface area contributed by atoms with Crippen molar-refractivity contribution in [3.05, 3.63) is 56.9 Å². The van der Waals surface area contributed by atoms with E-state index in [-0.39, 0.29) is 22.2 Å². The van der Waals surface area contributed by atoms with E-state index in [0.717, 1.165) is 0 Å². The van der Waals surface area contributed by atoms with E-state index in [1.54, 1.807) is 22.9 Å². The minimum atomic E-state index is -1.37. The predicted octanol–water partition coefficient (Wildman–Crippen LogP) is 4.43. The Hall–Kier alpha value is -2.20. The maximum atomic E-state index is 14.4. The maximum Gasteiger partial charge on any atom is 0.171 e. The smallest absolute Gasteiger partial charge is 0.171 e. The Morgan fingerprint density at radius 3 is 2.88 bits per heavy atom. The number of halogens is 3. The van der Waals surface area contributed by atoms with Crippen LogP contribution in [0.1, 0.15) is 48.7 Å². The van der Waals surface area contributed by atoms with Gasteiger partial charge in [0, 0.05) is 24.4 Å². The molecule has 0 saturated heterocycles. The lowest BCUT2D eigenvalue weighted by Gasteiger charge is -2.26. The fourth-order valence-electron chi connectivity index (χ4n) is 3.14. The van der Waals surface area contributed by atoms with Gasteiger partial charge < -0.3 is 9.67 Å². The number of nitriles is 1. The van der Waals surface area contributed by atoms with Crippen molar-refractivity contribution >= 4 is 15.9 Å². The summed E-state index contributed by atoms with van der Waals surface area (Å²) in [6.45, 7) is 2.37. The van der Waals surface area contributed by atoms with Crippen LogP contribution in [0, 0.1) is 17.1 Å². The summed E-state index contributed by atoms with van der Waals surface area (Å²) in [5.41, 5.74) is 1.15. The summed E-state index contributed by atoms with van der Waals surface area (Å²) in [7, 11) is 0. The number of rotatable bonds is 2. The first-order valence-corrected chi connectivity index (χ1v) is 8.74. The summed E-state index contributed by atoms with van der Waals surface area (Å²) in [6, 6.07) is 6.08. The molecule has 1 aliphatic carbocycles. The van der Waals surface area contributed by atoms with Gasteiger partial charge in [0.1, 0.15) is 18.1 Å². The Morgan fingerprint density at radius 1 is 1.44 bits per heavy atom. The van der Waals surface area contributed by atoms with Crippen molar-refractivity contribution in [2.75, 3.05) is 0 Å². The normalized spacial score (nSPS) is 20.2. The van der Waals surface area contributed by atoms with E-state index in [0.29, 0.717) is 29.6 Å². The summed E-state index contributed by atoms with van der Waals surface area (Å²) in [6.07, 6.45) is 0.810. The second kappa shape index (κ2) is 6.96. The highest BCUT2D eigenvalue weighted by molar-refractivity contribution is 9.10. The zero-order chi connectivity index (χ0) is 18.1. The van der Waals surface area contributed by atoms with Crippen LogP contribution in [-0.4, -0.2) is 9.67 Å². The minimum Gasteiger partial charge on any atom is -0.504 e. The standard InChI is InChI=1S/C18H16BrF2N3O/c1-2-24-9-10(8-22)7-15(25)18(24)23-14-6-5-13(20)16-11(14)3-4-12(19)17(16)21/h3-4,7,9,13-14,25H,2,5-6H2,1H3/b23-18-. The van der Waals surface area contributed by atoms with E-state index >= 15 is 0 Å². The predicted molar refractivity (Wildman–Crippen MR) is 92.0 cm³/mol. The van der Waals surface area contributed by atoms with Gasteiger partial charge in [0.15, 0.2) is 11.2 Å². The third kappa shape index (κ3) is 3.19. The number of fused-ring (bicyclic) bond motifs is 1. The number of aromatic hydroxyl groups is 1. The number of pyridine rings is 1. The van der Waals surface area contributed by atoms with Crippen LogP contribution >= 0.6 is 15.9 Å². The fourth-order valence-corrected chi connectivity index (χ4v) is 3.49. The third-order valence-corrected chi connectivity index (χ3v) is 4.98. The van der Waals surface area contributed by atoms with Gasteiger partial charge in [-0.3, -0.25) is 4.99 Å². The molecule has 2 atom stereocenters. The van der Waals surface area contributed by atoms with Gasteiger partial charge in [-0.25, -0.2) is 8.78 Å². The highest BCUT2D eigenvalue weighted by Gasteiger charge is 2.30. The average Bonchev–Trinajstić information content (AvgIpc) is 2.61. The molecule has 130 valence electrons. The Bertz CT molecular complexity index is 933. The van der Waals surface area contributed by atoms with Crippen molar-refractivity contribution in [3.8, 4) is 11.8 Å². The van der Waals surface area contributed by atoms with Crippen molar-refractivity contribution in [2.45, 2.75) is 38.5 Å². The molecule has 3 rings (SSSR count). The lowest BCUT2D eigenvalue weighted by molar-refractivity contribution is 0.277. The molecule has 1 N–H and O–H groups in total. The highest BCUT2D eigenvalue weighted by Crippen LogP contribution is 2.43. The van der Waals surface area contributed by atoms with Gasteiger partial charge in [0.05, 0.1) is 16.1 Å². The largest absolute Gasteiger partial charge is 0.504 e. The molecule has 7 heteroatoms. The van der Waals surface area contributed by atoms with E-state index in [2.05, 4.69) is 20.9 Å². The van der Waals surface area contributed by atoms with Crippen molar-refractivity contribution in [2.24, 2.45) is 4.99 Å². The van der Waals surface area contributed by atoms with Crippen molar-refractivity contribution in [1.82, 2.24) is 4.57 Å². The second-order valence-electron chi connectivity index (χ2n) is 5.89. The quantitative estimate of drug-likeness (QED) is 0.799. The van der Waals surface area contributed by atoms with Crippen LogP contribution in [0.15, 0.2) is 33.9 Å². The van der Waals surface area contributed by atoms with Crippen LogP contribution in [0.2, 0.25) is 0 Å². The first-order valence-electron chi connectivity index (χ1n) is 7.95. The molecule has 0 aliphatic heterocycles. The van der Waals surface area contributed by atoms with Crippen LogP contribution < -0.4 is 5.49 Å². The van der Waals surface area contributed by atoms with Gasteiger partial charge in [0.2, 0.25) is 0 Å². The van der Waals surface area contributed by atoms with Crippen LogP contribution in [-0.2, 0) is 6.54 Å². The van der Waals surface area contributed by atoms with Crippen LogP contribution in [0.4, 0.5) is 8.78 Å². The van der Waals surface area contributed by atoms with Gasteiger partial charge >= 0.3 is 0 Å². The summed E-state index contributed by atoms with van der Waals surface area (Å²) in [5.74, 6) is -0.722. The lowest BCUT2D eigenvalue weighted by atomic mass is 9.86. The molecule has 0 spiro atoms. The Balaban J connectivity index is 2.18. The van der Waals surface area contributed by atoms with Gasteiger partial charge in [-0.15, -0.1) is 0 Å². The lowest BCUT2D eigenvalue weighted by Crippen LogP contribution is -2.23. The minimum absolute atomic E-state index is 0.0329. The number of aryl methyl sites for hydroxylation is 1. The molecular formula is C18H16BrF2N3O. The molecule has 2 unspecified atom stereocenters. The number of benzene rings is 1. The van der Waals surface area contributed by atoms with Crippen LogP contribution in [0.5, 0.6) is 5.75 Å². The average molecular weight is 408 g/mol. The van der Waals surface area contributed by atoms with Crippen molar-refractivity contribution in [3.63, 3.8) is 0 Å². The Labute approximate surface area is 152 Å².